The Morgan fingerprint density at radius 2 is 1.93 bits per heavy atom. The van der Waals surface area contributed by atoms with E-state index in [4.69, 9.17) is 16.3 Å². The number of benzene rings is 1. The van der Waals surface area contributed by atoms with Gasteiger partial charge in [0.05, 0.1) is 12.4 Å². The molecule has 30 heavy (non-hydrogen) atoms. The van der Waals surface area contributed by atoms with Crippen LogP contribution in [0.1, 0.15) is 48.8 Å². The fraction of sp³-hybridized carbons (Fsp3) is 0.435. The summed E-state index contributed by atoms with van der Waals surface area (Å²) >= 11 is 6.24. The molecule has 1 atom stereocenters. The predicted octanol–water partition coefficient (Wildman–Crippen LogP) is 5.11. The van der Waals surface area contributed by atoms with E-state index in [2.05, 4.69) is 19.7 Å². The average molecular weight is 427 g/mol. The van der Waals surface area contributed by atoms with Crippen molar-refractivity contribution in [3.63, 3.8) is 0 Å². The molecule has 0 amide bonds. The third kappa shape index (κ3) is 3.81. The average Bonchev–Trinajstić information content (AvgIpc) is 3.11. The number of pyridine rings is 1. The monoisotopic (exact) mass is 426 g/mol. The largest absolute Gasteiger partial charge is 0.474 e. The van der Waals surface area contributed by atoms with Crippen molar-refractivity contribution >= 4 is 11.6 Å². The number of hydrogen-bond donors (Lipinski definition) is 0. The summed E-state index contributed by atoms with van der Waals surface area (Å²) < 4.78 is 21.8. The Bertz CT molecular complexity index is 1020. The van der Waals surface area contributed by atoms with Crippen molar-refractivity contribution in [3.05, 3.63) is 64.8 Å². The highest BCUT2D eigenvalue weighted by Gasteiger charge is 2.31. The summed E-state index contributed by atoms with van der Waals surface area (Å²) in [6.07, 6.45) is 7.03. The first-order valence-corrected chi connectivity index (χ1v) is 11.0. The third-order valence-electron chi connectivity index (χ3n) is 6.20. The summed E-state index contributed by atoms with van der Waals surface area (Å²) in [7, 11) is 0. The van der Waals surface area contributed by atoms with Gasteiger partial charge in [-0.2, -0.15) is 0 Å². The van der Waals surface area contributed by atoms with Gasteiger partial charge in [0, 0.05) is 29.6 Å². The number of alkyl halides is 1. The van der Waals surface area contributed by atoms with Crippen LogP contribution >= 0.6 is 11.6 Å². The van der Waals surface area contributed by atoms with E-state index < -0.39 is 0 Å². The summed E-state index contributed by atoms with van der Waals surface area (Å²) in [5.41, 5.74) is 2.11. The lowest BCUT2D eigenvalue weighted by Crippen LogP contribution is -2.25. The van der Waals surface area contributed by atoms with Gasteiger partial charge >= 0.3 is 0 Å². The first-order valence-electron chi connectivity index (χ1n) is 10.6. The number of hydrogen-bond acceptors (Lipinski definition) is 4. The first-order chi connectivity index (χ1) is 14.7. The summed E-state index contributed by atoms with van der Waals surface area (Å²) in [5, 5.41) is 9.71. The lowest BCUT2D eigenvalue weighted by atomic mass is 9.86. The molecular weight excluding hydrogens is 403 g/mol. The predicted molar refractivity (Wildman–Crippen MR) is 113 cm³/mol. The smallest absolute Gasteiger partial charge is 0.213 e. The molecule has 1 aromatic carbocycles. The molecular formula is C23H24ClFN4O. The minimum Gasteiger partial charge on any atom is -0.474 e. The fourth-order valence-electron chi connectivity index (χ4n) is 4.70. The molecule has 1 aliphatic heterocycles. The Balaban J connectivity index is 1.39. The second kappa shape index (κ2) is 8.34. The molecule has 156 valence electrons. The van der Waals surface area contributed by atoms with Crippen LogP contribution in [0.2, 0.25) is 5.02 Å². The fourth-order valence-corrected chi connectivity index (χ4v) is 4.90. The summed E-state index contributed by atoms with van der Waals surface area (Å²) in [6, 6.07) is 11.6. The maximum atomic E-state index is 13.6. The number of rotatable bonds is 4. The van der Waals surface area contributed by atoms with Gasteiger partial charge in [0.25, 0.3) is 0 Å². The number of halogens is 2. The molecule has 3 heterocycles. The minimum absolute atomic E-state index is 0.0944. The minimum atomic E-state index is -0.371. The maximum absolute atomic E-state index is 13.6. The van der Waals surface area contributed by atoms with E-state index in [-0.39, 0.29) is 18.7 Å². The zero-order valence-electron chi connectivity index (χ0n) is 16.7. The SMILES string of the molecule is FC[C@@H]1Cc2cc(Cl)ccc2-n2c(nnc2C2CCC(Oc3ccccn3)CC2)C1. The highest BCUT2D eigenvalue weighted by molar-refractivity contribution is 6.30. The van der Waals surface area contributed by atoms with Crippen LogP contribution in [0.3, 0.4) is 0 Å². The number of aromatic nitrogens is 4. The molecule has 1 saturated carbocycles. The highest BCUT2D eigenvalue weighted by Crippen LogP contribution is 2.37. The standard InChI is InChI=1S/C23H24ClFN4O/c24-18-6-9-20-17(13-18)11-15(14-25)12-21-27-28-23(29(20)21)16-4-7-19(8-5-16)30-22-3-1-2-10-26-22/h1-3,6,9-10,13,15-16,19H,4-5,7-8,11-12,14H2/t15-,16?,19?/m1/s1. The van der Waals surface area contributed by atoms with E-state index in [1.54, 1.807) is 6.20 Å². The molecule has 0 saturated heterocycles. The van der Waals surface area contributed by atoms with Crippen LogP contribution < -0.4 is 4.74 Å². The van der Waals surface area contributed by atoms with Gasteiger partial charge in [0.2, 0.25) is 5.88 Å². The molecule has 0 spiro atoms. The second-order valence-electron chi connectivity index (χ2n) is 8.27. The van der Waals surface area contributed by atoms with E-state index >= 15 is 0 Å². The van der Waals surface area contributed by atoms with E-state index in [0.29, 0.717) is 29.7 Å². The topological polar surface area (TPSA) is 52.8 Å². The van der Waals surface area contributed by atoms with Crippen LogP contribution in [0.5, 0.6) is 5.88 Å². The zero-order valence-corrected chi connectivity index (χ0v) is 17.4. The van der Waals surface area contributed by atoms with Gasteiger partial charge in [0.15, 0.2) is 0 Å². The Hall–Kier alpha value is -2.47. The van der Waals surface area contributed by atoms with Crippen molar-refractivity contribution in [2.75, 3.05) is 6.67 Å². The first kappa shape index (κ1) is 19.5. The summed E-state index contributed by atoms with van der Waals surface area (Å²) in [5.74, 6) is 2.72. The van der Waals surface area contributed by atoms with Crippen molar-refractivity contribution in [1.29, 1.82) is 0 Å². The third-order valence-corrected chi connectivity index (χ3v) is 6.44. The molecule has 2 aliphatic rings. The van der Waals surface area contributed by atoms with E-state index in [1.807, 2.05) is 36.4 Å². The van der Waals surface area contributed by atoms with Gasteiger partial charge in [-0.25, -0.2) is 4.98 Å². The molecule has 1 aliphatic carbocycles. The van der Waals surface area contributed by atoms with Crippen molar-refractivity contribution in [3.8, 4) is 11.6 Å². The normalized spacial score (nSPS) is 23.3. The molecule has 0 N–H and O–H groups in total. The van der Waals surface area contributed by atoms with E-state index in [9.17, 15) is 4.39 Å². The zero-order chi connectivity index (χ0) is 20.5. The molecule has 3 aromatic rings. The quantitative estimate of drug-likeness (QED) is 0.582. The maximum Gasteiger partial charge on any atom is 0.213 e. The number of ether oxygens (including phenoxy) is 1. The van der Waals surface area contributed by atoms with Crippen LogP contribution in [0.15, 0.2) is 42.6 Å². The van der Waals surface area contributed by atoms with Crippen molar-refractivity contribution in [2.45, 2.75) is 50.5 Å². The Kier molecular flexibility index (Phi) is 5.42. The number of fused-ring (bicyclic) bond motifs is 3. The molecule has 0 unspecified atom stereocenters. The molecule has 2 aromatic heterocycles. The van der Waals surface area contributed by atoms with Crippen LogP contribution in [-0.2, 0) is 12.8 Å². The van der Waals surface area contributed by atoms with Gasteiger partial charge in [-0.05, 0) is 67.9 Å². The Labute approximate surface area is 180 Å². The van der Waals surface area contributed by atoms with Crippen LogP contribution in [0.4, 0.5) is 4.39 Å². The molecule has 7 heteroatoms. The van der Waals surface area contributed by atoms with Crippen LogP contribution in [-0.4, -0.2) is 32.5 Å². The molecule has 5 nitrogen and oxygen atoms in total. The van der Waals surface area contributed by atoms with Gasteiger partial charge in [-0.3, -0.25) is 8.96 Å². The Morgan fingerprint density at radius 1 is 1.07 bits per heavy atom. The van der Waals surface area contributed by atoms with Gasteiger partial charge in [-0.1, -0.05) is 17.7 Å². The van der Waals surface area contributed by atoms with Crippen LogP contribution in [0, 0.1) is 5.92 Å². The van der Waals surface area contributed by atoms with Crippen molar-refractivity contribution in [1.82, 2.24) is 19.7 Å². The summed E-state index contributed by atoms with van der Waals surface area (Å²) in [6.45, 7) is -0.371. The molecule has 1 fully saturated rings. The second-order valence-corrected chi connectivity index (χ2v) is 8.71. The van der Waals surface area contributed by atoms with Gasteiger partial charge < -0.3 is 4.74 Å². The van der Waals surface area contributed by atoms with Crippen molar-refractivity contribution in [2.24, 2.45) is 5.92 Å². The van der Waals surface area contributed by atoms with E-state index in [1.165, 1.54) is 0 Å². The molecule has 5 rings (SSSR count). The van der Waals surface area contributed by atoms with Gasteiger partial charge in [-0.15, -0.1) is 10.2 Å². The molecule has 0 radical (unpaired) electrons. The lowest BCUT2D eigenvalue weighted by molar-refractivity contribution is 0.139. The van der Waals surface area contributed by atoms with Crippen LogP contribution in [0.25, 0.3) is 5.69 Å². The number of nitrogens with zero attached hydrogens (tertiary/aromatic N) is 4. The lowest BCUT2D eigenvalue weighted by Gasteiger charge is -2.28. The van der Waals surface area contributed by atoms with Crippen molar-refractivity contribution < 1.29 is 9.13 Å². The van der Waals surface area contributed by atoms with E-state index in [0.717, 1.165) is 48.6 Å². The van der Waals surface area contributed by atoms with Gasteiger partial charge in [0.1, 0.15) is 17.8 Å². The Morgan fingerprint density at radius 3 is 2.70 bits per heavy atom. The molecule has 0 bridgehead atoms. The summed E-state index contributed by atoms with van der Waals surface area (Å²) in [4.78, 5) is 4.27. The highest BCUT2D eigenvalue weighted by atomic mass is 35.5.